The van der Waals surface area contributed by atoms with E-state index >= 15 is 0 Å². The average molecular weight is 207 g/mol. The summed E-state index contributed by atoms with van der Waals surface area (Å²) in [5, 5.41) is 0. The van der Waals surface area contributed by atoms with Crippen LogP contribution in [0.4, 0.5) is 5.69 Å². The summed E-state index contributed by atoms with van der Waals surface area (Å²) in [6.45, 7) is 4.33. The maximum atomic E-state index is 11.1. The third-order valence-electron chi connectivity index (χ3n) is 2.17. The Bertz CT molecular complexity index is 319. The van der Waals surface area contributed by atoms with Crippen LogP contribution < -0.4 is 9.64 Å². The first-order chi connectivity index (χ1) is 7.15. The van der Waals surface area contributed by atoms with Gasteiger partial charge in [-0.25, -0.2) is 0 Å². The van der Waals surface area contributed by atoms with Crippen LogP contribution in [0.1, 0.15) is 20.3 Å². The molecule has 3 heteroatoms. The molecule has 0 saturated carbocycles. The van der Waals surface area contributed by atoms with Crippen LogP contribution in [0, 0.1) is 0 Å². The smallest absolute Gasteiger partial charge is 0.223 e. The molecule has 0 aliphatic heterocycles. The minimum atomic E-state index is 0.0252. The van der Waals surface area contributed by atoms with Gasteiger partial charge in [0.05, 0.1) is 6.61 Å². The Morgan fingerprint density at radius 2 is 1.93 bits per heavy atom. The molecule has 0 unspecified atom stereocenters. The van der Waals surface area contributed by atoms with Gasteiger partial charge in [0.15, 0.2) is 0 Å². The molecule has 0 saturated heterocycles. The van der Waals surface area contributed by atoms with Crippen LogP contribution in [0.2, 0.25) is 0 Å². The normalized spacial score (nSPS) is 9.80. The van der Waals surface area contributed by atoms with Crippen LogP contribution in [0.15, 0.2) is 24.3 Å². The molecule has 82 valence electrons. The van der Waals surface area contributed by atoms with Gasteiger partial charge < -0.3 is 9.64 Å². The van der Waals surface area contributed by atoms with E-state index in [4.69, 9.17) is 4.74 Å². The molecule has 0 spiro atoms. The molecular formula is C12H17NO2. The first-order valence-corrected chi connectivity index (χ1v) is 5.12. The molecule has 1 aromatic rings. The Morgan fingerprint density at radius 1 is 1.33 bits per heavy atom. The maximum Gasteiger partial charge on any atom is 0.223 e. The molecule has 1 amide bonds. The van der Waals surface area contributed by atoms with E-state index in [1.807, 2.05) is 24.3 Å². The number of hydrogen-bond donors (Lipinski definition) is 0. The highest BCUT2D eigenvalue weighted by molar-refractivity contribution is 5.90. The van der Waals surface area contributed by atoms with Gasteiger partial charge in [-0.1, -0.05) is 6.92 Å². The van der Waals surface area contributed by atoms with E-state index in [0.717, 1.165) is 24.5 Å². The standard InChI is InChI=1S/C12H17NO2/c1-4-9-15-12-7-5-11(6-8-12)13(3)10(2)14/h5-8H,4,9H2,1-3H3. The third-order valence-corrected chi connectivity index (χ3v) is 2.17. The molecule has 1 aromatic carbocycles. The van der Waals surface area contributed by atoms with Gasteiger partial charge in [0.25, 0.3) is 0 Å². The van der Waals surface area contributed by atoms with Crippen LogP contribution in [0.3, 0.4) is 0 Å². The summed E-state index contributed by atoms with van der Waals surface area (Å²) in [4.78, 5) is 12.7. The van der Waals surface area contributed by atoms with Crippen molar-refractivity contribution in [3.05, 3.63) is 24.3 Å². The summed E-state index contributed by atoms with van der Waals surface area (Å²) in [5.41, 5.74) is 0.881. The zero-order chi connectivity index (χ0) is 11.3. The highest BCUT2D eigenvalue weighted by Gasteiger charge is 2.04. The molecule has 0 heterocycles. The number of hydrogen-bond acceptors (Lipinski definition) is 2. The minimum absolute atomic E-state index is 0.0252. The van der Waals surface area contributed by atoms with Crippen molar-refractivity contribution in [1.29, 1.82) is 0 Å². The van der Waals surface area contributed by atoms with E-state index in [1.165, 1.54) is 0 Å². The third kappa shape index (κ3) is 3.27. The molecule has 0 aliphatic rings. The monoisotopic (exact) mass is 207 g/mol. The Hall–Kier alpha value is -1.51. The van der Waals surface area contributed by atoms with Crippen molar-refractivity contribution in [2.24, 2.45) is 0 Å². The van der Waals surface area contributed by atoms with E-state index in [9.17, 15) is 4.79 Å². The second-order valence-electron chi connectivity index (χ2n) is 3.42. The van der Waals surface area contributed by atoms with E-state index in [1.54, 1.807) is 18.9 Å². The Kier molecular flexibility index (Phi) is 4.16. The first-order valence-electron chi connectivity index (χ1n) is 5.12. The summed E-state index contributed by atoms with van der Waals surface area (Å²) in [6, 6.07) is 7.52. The van der Waals surface area contributed by atoms with Crippen molar-refractivity contribution in [3.8, 4) is 5.75 Å². The maximum absolute atomic E-state index is 11.1. The van der Waals surface area contributed by atoms with Crippen LogP contribution in [0.25, 0.3) is 0 Å². The number of benzene rings is 1. The molecule has 0 radical (unpaired) electrons. The molecular weight excluding hydrogens is 190 g/mol. The van der Waals surface area contributed by atoms with Gasteiger partial charge in [0, 0.05) is 19.7 Å². The van der Waals surface area contributed by atoms with E-state index < -0.39 is 0 Å². The predicted molar refractivity (Wildman–Crippen MR) is 61.3 cm³/mol. The molecule has 3 nitrogen and oxygen atoms in total. The fourth-order valence-electron chi connectivity index (χ4n) is 1.17. The second kappa shape index (κ2) is 5.39. The van der Waals surface area contributed by atoms with Crippen LogP contribution in [-0.2, 0) is 4.79 Å². The summed E-state index contributed by atoms with van der Waals surface area (Å²) in [6.07, 6.45) is 0.995. The topological polar surface area (TPSA) is 29.5 Å². The number of ether oxygens (including phenoxy) is 1. The molecule has 1 rings (SSSR count). The molecule has 0 aliphatic carbocycles. The summed E-state index contributed by atoms with van der Waals surface area (Å²) in [5.74, 6) is 0.870. The Labute approximate surface area is 90.7 Å². The Morgan fingerprint density at radius 3 is 2.40 bits per heavy atom. The first kappa shape index (κ1) is 11.6. The molecule has 15 heavy (non-hydrogen) atoms. The summed E-state index contributed by atoms with van der Waals surface area (Å²) >= 11 is 0. The van der Waals surface area contributed by atoms with Gasteiger partial charge in [-0.15, -0.1) is 0 Å². The number of anilines is 1. The number of rotatable bonds is 4. The zero-order valence-electron chi connectivity index (χ0n) is 9.49. The van der Waals surface area contributed by atoms with E-state index in [0.29, 0.717) is 0 Å². The lowest BCUT2D eigenvalue weighted by atomic mass is 10.3. The number of carbonyl (C=O) groups excluding carboxylic acids is 1. The lowest BCUT2D eigenvalue weighted by Gasteiger charge is -2.15. The fraction of sp³-hybridized carbons (Fsp3) is 0.417. The summed E-state index contributed by atoms with van der Waals surface area (Å²) in [7, 11) is 1.75. The van der Waals surface area contributed by atoms with E-state index in [-0.39, 0.29) is 5.91 Å². The summed E-state index contributed by atoms with van der Waals surface area (Å²) < 4.78 is 5.45. The largest absolute Gasteiger partial charge is 0.494 e. The lowest BCUT2D eigenvalue weighted by Crippen LogP contribution is -2.22. The van der Waals surface area contributed by atoms with Crippen molar-refractivity contribution in [3.63, 3.8) is 0 Å². The SMILES string of the molecule is CCCOc1ccc(N(C)C(C)=O)cc1. The number of carbonyl (C=O) groups is 1. The molecule has 0 atom stereocenters. The van der Waals surface area contributed by atoms with Crippen LogP contribution in [-0.4, -0.2) is 19.6 Å². The van der Waals surface area contributed by atoms with Gasteiger partial charge in [-0.2, -0.15) is 0 Å². The fourth-order valence-corrected chi connectivity index (χ4v) is 1.17. The highest BCUT2D eigenvalue weighted by Crippen LogP contribution is 2.18. The van der Waals surface area contributed by atoms with Crippen LogP contribution in [0.5, 0.6) is 5.75 Å². The molecule has 0 aromatic heterocycles. The van der Waals surface area contributed by atoms with Crippen LogP contribution >= 0.6 is 0 Å². The van der Waals surface area contributed by atoms with Crippen molar-refractivity contribution >= 4 is 11.6 Å². The zero-order valence-corrected chi connectivity index (χ0v) is 9.49. The van der Waals surface area contributed by atoms with Gasteiger partial charge in [0.2, 0.25) is 5.91 Å². The van der Waals surface area contributed by atoms with Crippen molar-refractivity contribution < 1.29 is 9.53 Å². The molecule has 0 N–H and O–H groups in total. The lowest BCUT2D eigenvalue weighted by molar-refractivity contribution is -0.116. The van der Waals surface area contributed by atoms with E-state index in [2.05, 4.69) is 6.92 Å². The van der Waals surface area contributed by atoms with Crippen molar-refractivity contribution in [1.82, 2.24) is 0 Å². The minimum Gasteiger partial charge on any atom is -0.494 e. The number of nitrogens with zero attached hydrogens (tertiary/aromatic N) is 1. The second-order valence-corrected chi connectivity index (χ2v) is 3.42. The Balaban J connectivity index is 2.67. The average Bonchev–Trinajstić information content (AvgIpc) is 2.26. The highest BCUT2D eigenvalue weighted by atomic mass is 16.5. The molecule has 0 fully saturated rings. The quantitative estimate of drug-likeness (QED) is 0.759. The van der Waals surface area contributed by atoms with Gasteiger partial charge in [0.1, 0.15) is 5.75 Å². The van der Waals surface area contributed by atoms with Crippen molar-refractivity contribution in [2.45, 2.75) is 20.3 Å². The van der Waals surface area contributed by atoms with Gasteiger partial charge in [-0.3, -0.25) is 4.79 Å². The number of amides is 1. The predicted octanol–water partition coefficient (Wildman–Crippen LogP) is 2.46. The van der Waals surface area contributed by atoms with Gasteiger partial charge >= 0.3 is 0 Å². The molecule has 0 bridgehead atoms. The van der Waals surface area contributed by atoms with Crippen molar-refractivity contribution in [2.75, 3.05) is 18.6 Å². The van der Waals surface area contributed by atoms with Gasteiger partial charge in [-0.05, 0) is 30.7 Å².